The molecule has 154 valence electrons. The van der Waals surface area contributed by atoms with E-state index in [4.69, 9.17) is 9.51 Å². The molecule has 0 atom stereocenters. The van der Waals surface area contributed by atoms with E-state index < -0.39 is 0 Å². The Morgan fingerprint density at radius 1 is 1.17 bits per heavy atom. The maximum Gasteiger partial charge on any atom is 0.194 e. The maximum atomic E-state index is 4.92. The fourth-order valence-electron chi connectivity index (χ4n) is 3.29. The number of nitrogens with one attached hydrogen (secondary N) is 1. The molecule has 0 unspecified atom stereocenters. The highest BCUT2D eigenvalue weighted by Crippen LogP contribution is 2.21. The Balaban J connectivity index is 0.00000240. The average Bonchev–Trinajstić information content (AvgIpc) is 3.42. The monoisotopic (exact) mass is 524 g/mol. The third kappa shape index (κ3) is 5.77. The minimum Gasteiger partial charge on any atom is -0.364 e. The van der Waals surface area contributed by atoms with E-state index >= 15 is 0 Å². The first-order valence-corrected chi connectivity index (χ1v) is 10.3. The Kier molecular flexibility index (Phi) is 8.01. The van der Waals surface area contributed by atoms with Crippen molar-refractivity contribution in [2.24, 2.45) is 4.99 Å². The molecule has 1 aromatic carbocycles. The van der Waals surface area contributed by atoms with Gasteiger partial charge in [-0.2, -0.15) is 0 Å². The van der Waals surface area contributed by atoms with Crippen LogP contribution in [0.5, 0.6) is 0 Å². The van der Waals surface area contributed by atoms with Crippen molar-refractivity contribution in [3.8, 4) is 11.3 Å². The molecular formula is C20H25IN6OS. The van der Waals surface area contributed by atoms with Crippen LogP contribution in [0.4, 0.5) is 0 Å². The molecule has 1 fully saturated rings. The lowest BCUT2D eigenvalue weighted by atomic mass is 10.2. The molecular weight excluding hydrogens is 499 g/mol. The number of halogens is 1. The number of rotatable bonds is 5. The summed E-state index contributed by atoms with van der Waals surface area (Å²) in [7, 11) is 1.83. The van der Waals surface area contributed by atoms with Crippen LogP contribution < -0.4 is 5.32 Å². The van der Waals surface area contributed by atoms with E-state index in [-0.39, 0.29) is 24.0 Å². The lowest BCUT2D eigenvalue weighted by molar-refractivity contribution is 0.169. The molecule has 0 radical (unpaired) electrons. The van der Waals surface area contributed by atoms with Crippen LogP contribution in [0.1, 0.15) is 10.7 Å². The van der Waals surface area contributed by atoms with Crippen molar-refractivity contribution < 1.29 is 4.52 Å². The maximum absolute atomic E-state index is 4.92. The van der Waals surface area contributed by atoms with E-state index in [0.29, 0.717) is 6.54 Å². The van der Waals surface area contributed by atoms with Crippen molar-refractivity contribution >= 4 is 41.3 Å². The first-order chi connectivity index (χ1) is 13.8. The molecule has 0 bridgehead atoms. The predicted octanol–water partition coefficient (Wildman–Crippen LogP) is 3.31. The first-order valence-electron chi connectivity index (χ1n) is 9.39. The zero-order valence-electron chi connectivity index (χ0n) is 16.3. The smallest absolute Gasteiger partial charge is 0.194 e. The van der Waals surface area contributed by atoms with Crippen molar-refractivity contribution in [2.45, 2.75) is 13.1 Å². The topological polar surface area (TPSA) is 69.8 Å². The van der Waals surface area contributed by atoms with E-state index in [1.54, 1.807) is 17.6 Å². The number of hydrogen-bond donors (Lipinski definition) is 1. The predicted molar refractivity (Wildman–Crippen MR) is 127 cm³/mol. The minimum atomic E-state index is 0. The molecule has 4 rings (SSSR count). The van der Waals surface area contributed by atoms with Gasteiger partial charge in [-0.15, -0.1) is 35.3 Å². The molecule has 1 aliphatic heterocycles. The Morgan fingerprint density at radius 2 is 1.97 bits per heavy atom. The fraction of sp³-hybridized carbons (Fsp3) is 0.350. The molecule has 1 saturated heterocycles. The van der Waals surface area contributed by atoms with Crippen molar-refractivity contribution in [3.63, 3.8) is 0 Å². The summed E-state index contributed by atoms with van der Waals surface area (Å²) >= 11 is 1.67. The summed E-state index contributed by atoms with van der Waals surface area (Å²) in [4.78, 5) is 13.9. The zero-order valence-corrected chi connectivity index (χ0v) is 19.5. The van der Waals surface area contributed by atoms with Gasteiger partial charge in [0.25, 0.3) is 0 Å². The van der Waals surface area contributed by atoms with Crippen molar-refractivity contribution in [2.75, 3.05) is 33.2 Å². The Labute approximate surface area is 191 Å². The van der Waals surface area contributed by atoms with Gasteiger partial charge in [0, 0.05) is 56.8 Å². The van der Waals surface area contributed by atoms with Crippen LogP contribution >= 0.6 is 35.3 Å². The summed E-state index contributed by atoms with van der Waals surface area (Å²) < 4.78 is 4.92. The highest BCUT2D eigenvalue weighted by molar-refractivity contribution is 14.0. The Bertz CT molecular complexity index is 891. The van der Waals surface area contributed by atoms with Gasteiger partial charge in [0.1, 0.15) is 11.3 Å². The number of benzene rings is 1. The van der Waals surface area contributed by atoms with Crippen LogP contribution in [0.15, 0.2) is 57.6 Å². The number of nitrogens with zero attached hydrogens (tertiary/aromatic N) is 5. The van der Waals surface area contributed by atoms with Crippen LogP contribution in [0.25, 0.3) is 11.3 Å². The van der Waals surface area contributed by atoms with Crippen LogP contribution in [-0.4, -0.2) is 59.1 Å². The van der Waals surface area contributed by atoms with E-state index in [9.17, 15) is 0 Å². The van der Waals surface area contributed by atoms with Crippen LogP contribution in [0.2, 0.25) is 0 Å². The standard InChI is InChI=1S/C20H24N6OS.HI/c1-21-20(26-10-8-25(9-11-26)14-17-7-12-27-24-17)22-13-19-23-18(15-28-19)16-5-3-2-4-6-16;/h2-7,12,15H,8-11,13-14H2,1H3,(H,21,22);1H. The summed E-state index contributed by atoms with van der Waals surface area (Å²) in [5, 5.41) is 10.6. The van der Waals surface area contributed by atoms with E-state index in [0.717, 1.165) is 60.6 Å². The second-order valence-electron chi connectivity index (χ2n) is 6.65. The molecule has 7 nitrogen and oxygen atoms in total. The first kappa shape index (κ1) is 21.7. The van der Waals surface area contributed by atoms with Gasteiger partial charge in [0.15, 0.2) is 5.96 Å². The molecule has 0 aliphatic carbocycles. The van der Waals surface area contributed by atoms with Gasteiger partial charge in [0.05, 0.1) is 17.9 Å². The molecule has 1 N–H and O–H groups in total. The quantitative estimate of drug-likeness (QED) is 0.314. The molecule has 3 heterocycles. The summed E-state index contributed by atoms with van der Waals surface area (Å²) in [5.74, 6) is 0.928. The fourth-order valence-corrected chi connectivity index (χ4v) is 4.03. The molecule has 0 spiro atoms. The number of aliphatic imine (C=N–C) groups is 1. The normalized spacial score (nSPS) is 15.2. The Morgan fingerprint density at radius 3 is 2.66 bits per heavy atom. The highest BCUT2D eigenvalue weighted by atomic mass is 127. The van der Waals surface area contributed by atoms with E-state index in [2.05, 4.69) is 42.8 Å². The molecule has 0 saturated carbocycles. The van der Waals surface area contributed by atoms with Crippen LogP contribution in [0, 0.1) is 0 Å². The lowest BCUT2D eigenvalue weighted by Crippen LogP contribution is -2.52. The molecule has 2 aromatic heterocycles. The van der Waals surface area contributed by atoms with Gasteiger partial charge in [-0.3, -0.25) is 9.89 Å². The lowest BCUT2D eigenvalue weighted by Gasteiger charge is -2.36. The zero-order chi connectivity index (χ0) is 19.2. The summed E-state index contributed by atoms with van der Waals surface area (Å²) in [6.07, 6.45) is 1.62. The summed E-state index contributed by atoms with van der Waals surface area (Å²) in [6.45, 7) is 5.34. The van der Waals surface area contributed by atoms with Gasteiger partial charge < -0.3 is 14.7 Å². The van der Waals surface area contributed by atoms with Crippen molar-refractivity contribution in [3.05, 3.63) is 58.7 Å². The molecule has 29 heavy (non-hydrogen) atoms. The van der Waals surface area contributed by atoms with Crippen LogP contribution in [0.3, 0.4) is 0 Å². The van der Waals surface area contributed by atoms with Gasteiger partial charge in [0.2, 0.25) is 0 Å². The number of hydrogen-bond acceptors (Lipinski definition) is 6. The van der Waals surface area contributed by atoms with Crippen molar-refractivity contribution in [1.82, 2.24) is 25.3 Å². The number of guanidine groups is 1. The third-order valence-corrected chi connectivity index (χ3v) is 5.63. The summed E-state index contributed by atoms with van der Waals surface area (Å²) in [6, 6.07) is 12.2. The van der Waals surface area contributed by atoms with Gasteiger partial charge >= 0.3 is 0 Å². The summed E-state index contributed by atoms with van der Waals surface area (Å²) in [5.41, 5.74) is 3.16. The molecule has 3 aromatic rings. The van der Waals surface area contributed by atoms with Gasteiger partial charge in [-0.05, 0) is 0 Å². The molecule has 0 amide bonds. The second-order valence-corrected chi connectivity index (χ2v) is 7.59. The number of piperazine rings is 1. The second kappa shape index (κ2) is 10.7. The van der Waals surface area contributed by atoms with E-state index in [1.807, 2.05) is 31.3 Å². The Hall–Kier alpha value is -1.98. The van der Waals surface area contributed by atoms with Gasteiger partial charge in [-0.25, -0.2) is 4.98 Å². The number of thiazole rings is 1. The van der Waals surface area contributed by atoms with Gasteiger partial charge in [-0.1, -0.05) is 35.5 Å². The number of aromatic nitrogens is 2. The van der Waals surface area contributed by atoms with E-state index in [1.165, 1.54) is 0 Å². The van der Waals surface area contributed by atoms with Crippen LogP contribution in [-0.2, 0) is 13.1 Å². The third-order valence-electron chi connectivity index (χ3n) is 4.78. The average molecular weight is 524 g/mol. The van der Waals surface area contributed by atoms with Crippen molar-refractivity contribution in [1.29, 1.82) is 0 Å². The largest absolute Gasteiger partial charge is 0.364 e. The molecule has 1 aliphatic rings. The molecule has 9 heteroatoms. The SMILES string of the molecule is CN=C(NCc1nc(-c2ccccc2)cs1)N1CCN(Cc2ccon2)CC1.I. The highest BCUT2D eigenvalue weighted by Gasteiger charge is 2.20. The minimum absolute atomic E-state index is 0.